The lowest BCUT2D eigenvalue weighted by Crippen LogP contribution is -2.39. The molecule has 0 saturated heterocycles. The summed E-state index contributed by atoms with van der Waals surface area (Å²) in [6.07, 6.45) is 1.53. The first kappa shape index (κ1) is 27.4. The zero-order valence-corrected chi connectivity index (χ0v) is 22.2. The van der Waals surface area contributed by atoms with Crippen molar-refractivity contribution in [1.82, 2.24) is 5.43 Å². The Bertz CT molecular complexity index is 1420. The van der Waals surface area contributed by atoms with Gasteiger partial charge in [-0.25, -0.2) is 13.8 Å². The van der Waals surface area contributed by atoms with Crippen LogP contribution in [-0.4, -0.2) is 40.1 Å². The Morgan fingerprint density at radius 3 is 2.19 bits per heavy atom. The smallest absolute Gasteiger partial charge is 0.264 e. The van der Waals surface area contributed by atoms with E-state index in [1.807, 2.05) is 32.9 Å². The zero-order chi connectivity index (χ0) is 27.2. The van der Waals surface area contributed by atoms with Crippen LogP contribution in [0.25, 0.3) is 0 Å². The van der Waals surface area contributed by atoms with Gasteiger partial charge in [0.25, 0.3) is 15.9 Å². The molecule has 3 rings (SSSR count). The van der Waals surface area contributed by atoms with Crippen molar-refractivity contribution in [2.24, 2.45) is 5.10 Å². The minimum absolute atomic E-state index is 0.0422. The number of anilines is 2. The molecule has 0 unspecified atom stereocenters. The molecule has 0 aliphatic rings. The Morgan fingerprint density at radius 1 is 0.946 bits per heavy atom. The largest absolute Gasteiger partial charge is 0.497 e. The average Bonchev–Trinajstić information content (AvgIpc) is 2.87. The molecule has 9 nitrogen and oxygen atoms in total. The van der Waals surface area contributed by atoms with Gasteiger partial charge in [-0.15, -0.1) is 0 Å². The van der Waals surface area contributed by atoms with Crippen molar-refractivity contribution in [1.29, 1.82) is 0 Å². The summed E-state index contributed by atoms with van der Waals surface area (Å²) < 4.78 is 33.3. The number of sulfonamides is 1. The number of benzene rings is 3. The summed E-state index contributed by atoms with van der Waals surface area (Å²) in [7, 11) is -2.64. The minimum Gasteiger partial charge on any atom is -0.497 e. The normalized spacial score (nSPS) is 11.3. The first-order valence-corrected chi connectivity index (χ1v) is 12.9. The fourth-order valence-corrected chi connectivity index (χ4v) is 4.98. The number of methoxy groups -OCH3 is 1. The summed E-state index contributed by atoms with van der Waals surface area (Å²) in [5, 5.41) is 6.63. The van der Waals surface area contributed by atoms with E-state index in [9.17, 15) is 18.0 Å². The highest BCUT2D eigenvalue weighted by molar-refractivity contribution is 7.92. The van der Waals surface area contributed by atoms with Gasteiger partial charge in [0.2, 0.25) is 5.91 Å². The van der Waals surface area contributed by atoms with Gasteiger partial charge < -0.3 is 10.1 Å². The number of hydrogen-bond acceptors (Lipinski definition) is 6. The molecule has 37 heavy (non-hydrogen) atoms. The van der Waals surface area contributed by atoms with Crippen molar-refractivity contribution in [3.63, 3.8) is 0 Å². The van der Waals surface area contributed by atoms with Crippen molar-refractivity contribution in [2.75, 3.05) is 23.3 Å². The van der Waals surface area contributed by atoms with Crippen LogP contribution >= 0.6 is 0 Å². The second-order valence-corrected chi connectivity index (χ2v) is 10.3. The maximum Gasteiger partial charge on any atom is 0.264 e. The van der Waals surface area contributed by atoms with Gasteiger partial charge in [0.05, 0.1) is 23.9 Å². The van der Waals surface area contributed by atoms with Crippen molar-refractivity contribution in [3.05, 3.63) is 82.9 Å². The van der Waals surface area contributed by atoms with E-state index in [1.54, 1.807) is 24.3 Å². The van der Waals surface area contributed by atoms with Gasteiger partial charge in [0, 0.05) is 12.6 Å². The van der Waals surface area contributed by atoms with E-state index in [-0.39, 0.29) is 16.5 Å². The SMILES string of the molecule is COc1ccc(N(CC(=O)N/N=C\c2ccc(C)c(C)c2C)S(=O)(=O)c2ccc(NC(C)=O)cc2)cc1. The molecule has 0 fully saturated rings. The summed E-state index contributed by atoms with van der Waals surface area (Å²) >= 11 is 0. The Morgan fingerprint density at radius 2 is 1.59 bits per heavy atom. The fraction of sp³-hybridized carbons (Fsp3) is 0.222. The zero-order valence-electron chi connectivity index (χ0n) is 21.4. The summed E-state index contributed by atoms with van der Waals surface area (Å²) in [5.74, 6) is -0.353. The molecule has 0 radical (unpaired) electrons. The standard InChI is InChI=1S/C27H30N4O5S/c1-18-6-7-22(20(3)19(18)2)16-28-30-27(33)17-31(24-10-12-25(36-5)13-11-24)37(34,35)26-14-8-23(9-15-26)29-21(4)32/h6-16H,17H2,1-5H3,(H,29,32)(H,30,33)/b28-16-. The van der Waals surface area contributed by atoms with Gasteiger partial charge >= 0.3 is 0 Å². The van der Waals surface area contributed by atoms with Gasteiger partial charge in [-0.1, -0.05) is 12.1 Å². The lowest BCUT2D eigenvalue weighted by molar-refractivity contribution is -0.119. The van der Waals surface area contributed by atoms with Crippen LogP contribution in [0.1, 0.15) is 29.2 Å². The van der Waals surface area contributed by atoms with Crippen LogP contribution in [0.3, 0.4) is 0 Å². The molecule has 0 saturated carbocycles. The molecule has 0 bridgehead atoms. The van der Waals surface area contributed by atoms with E-state index in [4.69, 9.17) is 4.74 Å². The molecule has 10 heteroatoms. The van der Waals surface area contributed by atoms with Crippen LogP contribution in [0, 0.1) is 20.8 Å². The molecule has 2 N–H and O–H groups in total. The minimum atomic E-state index is -4.14. The van der Waals surface area contributed by atoms with Crippen molar-refractivity contribution < 1.29 is 22.7 Å². The number of hydrogen-bond donors (Lipinski definition) is 2. The summed E-state index contributed by atoms with van der Waals surface area (Å²) in [6, 6.07) is 15.9. The van der Waals surface area contributed by atoms with Gasteiger partial charge in [-0.05, 0) is 91.6 Å². The van der Waals surface area contributed by atoms with E-state index >= 15 is 0 Å². The Balaban J connectivity index is 1.86. The molecular weight excluding hydrogens is 492 g/mol. The molecular formula is C27H30N4O5S. The van der Waals surface area contributed by atoms with Crippen molar-refractivity contribution in [3.8, 4) is 5.75 Å². The average molecular weight is 523 g/mol. The Kier molecular flexibility index (Phi) is 8.67. The van der Waals surface area contributed by atoms with Crippen LogP contribution in [-0.2, 0) is 19.6 Å². The number of hydrazone groups is 1. The molecule has 0 heterocycles. The van der Waals surface area contributed by atoms with Gasteiger partial charge in [-0.2, -0.15) is 5.10 Å². The van der Waals surface area contributed by atoms with Crippen LogP contribution in [0.4, 0.5) is 11.4 Å². The highest BCUT2D eigenvalue weighted by Gasteiger charge is 2.27. The molecule has 0 spiro atoms. The third kappa shape index (κ3) is 6.73. The predicted octanol–water partition coefficient (Wildman–Crippen LogP) is 3.92. The molecule has 0 aliphatic carbocycles. The van der Waals surface area contributed by atoms with Gasteiger partial charge in [0.1, 0.15) is 12.3 Å². The van der Waals surface area contributed by atoms with E-state index < -0.39 is 22.5 Å². The van der Waals surface area contributed by atoms with E-state index in [2.05, 4.69) is 15.8 Å². The molecule has 0 aromatic heterocycles. The monoisotopic (exact) mass is 522 g/mol. The maximum absolute atomic E-state index is 13.6. The number of carbonyl (C=O) groups is 2. The van der Waals surface area contributed by atoms with E-state index in [0.717, 1.165) is 26.6 Å². The number of aryl methyl sites for hydroxylation is 1. The molecule has 0 aliphatic heterocycles. The quantitative estimate of drug-likeness (QED) is 0.326. The van der Waals surface area contributed by atoms with Crippen molar-refractivity contribution in [2.45, 2.75) is 32.6 Å². The summed E-state index contributed by atoms with van der Waals surface area (Å²) in [5.41, 5.74) is 7.34. The summed E-state index contributed by atoms with van der Waals surface area (Å²) in [4.78, 5) is 24.0. The Labute approximate surface area is 217 Å². The predicted molar refractivity (Wildman–Crippen MR) is 145 cm³/mol. The highest BCUT2D eigenvalue weighted by atomic mass is 32.2. The first-order valence-electron chi connectivity index (χ1n) is 11.5. The third-order valence-electron chi connectivity index (χ3n) is 5.90. The lowest BCUT2D eigenvalue weighted by Gasteiger charge is -2.24. The molecule has 2 amide bonds. The van der Waals surface area contributed by atoms with Crippen LogP contribution in [0.5, 0.6) is 5.75 Å². The number of ether oxygens (including phenoxy) is 1. The van der Waals surface area contributed by atoms with E-state index in [0.29, 0.717) is 11.4 Å². The first-order chi connectivity index (χ1) is 17.5. The molecule has 0 atom stereocenters. The van der Waals surface area contributed by atoms with Crippen LogP contribution < -0.4 is 19.8 Å². The Hall–Kier alpha value is -4.18. The third-order valence-corrected chi connectivity index (χ3v) is 7.69. The van der Waals surface area contributed by atoms with Crippen LogP contribution in [0.15, 0.2) is 70.7 Å². The van der Waals surface area contributed by atoms with Crippen molar-refractivity contribution >= 4 is 39.4 Å². The van der Waals surface area contributed by atoms with Gasteiger partial charge in [-0.3, -0.25) is 13.9 Å². The number of nitrogens with one attached hydrogen (secondary N) is 2. The number of amides is 2. The second-order valence-electron chi connectivity index (χ2n) is 8.43. The second kappa shape index (κ2) is 11.7. The van der Waals surface area contributed by atoms with Crippen LogP contribution in [0.2, 0.25) is 0 Å². The van der Waals surface area contributed by atoms with E-state index in [1.165, 1.54) is 44.5 Å². The van der Waals surface area contributed by atoms with Gasteiger partial charge in [0.15, 0.2) is 0 Å². The lowest BCUT2D eigenvalue weighted by atomic mass is 10.00. The molecule has 3 aromatic carbocycles. The fourth-order valence-electron chi connectivity index (χ4n) is 3.56. The number of nitrogens with zero attached hydrogens (tertiary/aromatic N) is 2. The number of rotatable bonds is 9. The number of carbonyl (C=O) groups excluding carboxylic acids is 2. The summed E-state index contributed by atoms with van der Waals surface area (Å²) in [6.45, 7) is 6.86. The molecule has 194 valence electrons. The topological polar surface area (TPSA) is 117 Å². The highest BCUT2D eigenvalue weighted by Crippen LogP contribution is 2.26. The maximum atomic E-state index is 13.6. The molecule has 3 aromatic rings.